The first kappa shape index (κ1) is 18.8. The van der Waals surface area contributed by atoms with Crippen molar-refractivity contribution >= 4 is 29.9 Å². The molecule has 0 atom stereocenters. The van der Waals surface area contributed by atoms with Crippen molar-refractivity contribution in [3.8, 4) is 5.69 Å². The highest BCUT2D eigenvalue weighted by Crippen LogP contribution is 2.17. The highest BCUT2D eigenvalue weighted by Gasteiger charge is 2.14. The molecule has 0 amide bonds. The predicted octanol–water partition coefficient (Wildman–Crippen LogP) is 3.49. The van der Waals surface area contributed by atoms with Crippen molar-refractivity contribution in [3.05, 3.63) is 48.3 Å². The average Bonchev–Trinajstić information content (AvgIpc) is 3.09. The minimum Gasteiger partial charge on any atom is -0.354 e. The Hall–Kier alpha value is -1.57. The summed E-state index contributed by atoms with van der Waals surface area (Å²) in [5.41, 5.74) is 2.07. The molecular weight excluding hydrogens is 413 g/mol. The van der Waals surface area contributed by atoms with E-state index in [2.05, 4.69) is 20.7 Å². The minimum absolute atomic E-state index is 0. The first-order chi connectivity index (χ1) is 11.3. The smallest absolute Gasteiger partial charge is 0.191 e. The number of aromatic nitrogens is 2. The second-order valence-electron chi connectivity index (χ2n) is 5.99. The van der Waals surface area contributed by atoms with E-state index >= 15 is 0 Å². The Labute approximate surface area is 161 Å². The summed E-state index contributed by atoms with van der Waals surface area (Å²) < 4.78 is 1.90. The van der Waals surface area contributed by atoms with Crippen LogP contribution in [0.2, 0.25) is 0 Å². The zero-order valence-electron chi connectivity index (χ0n) is 14.1. The zero-order valence-corrected chi connectivity index (χ0v) is 16.4. The molecule has 0 saturated heterocycles. The molecule has 0 aliphatic heterocycles. The number of guanidine groups is 1. The molecule has 3 rings (SSSR count). The standard InChI is InChI=1S/C18H25N5.HI/c1-19-18(21-15-8-4-2-5-9-15)20-14-16-12-13-23(22-16)17-10-6-3-7-11-17;/h3,6-7,10-13,15H,2,4-5,8-9,14H2,1H3,(H2,19,20,21);1H. The number of halogens is 1. The van der Waals surface area contributed by atoms with Crippen molar-refractivity contribution in [2.45, 2.75) is 44.7 Å². The van der Waals surface area contributed by atoms with Crippen molar-refractivity contribution in [3.63, 3.8) is 0 Å². The lowest BCUT2D eigenvalue weighted by Crippen LogP contribution is -2.43. The molecule has 2 aromatic rings. The van der Waals surface area contributed by atoms with Crippen molar-refractivity contribution < 1.29 is 0 Å². The van der Waals surface area contributed by atoms with E-state index in [1.54, 1.807) is 0 Å². The number of nitrogens with zero attached hydrogens (tertiary/aromatic N) is 3. The normalized spacial score (nSPS) is 15.6. The molecule has 1 aromatic heterocycles. The molecule has 1 heterocycles. The number of benzene rings is 1. The van der Waals surface area contributed by atoms with Gasteiger partial charge in [0.15, 0.2) is 5.96 Å². The van der Waals surface area contributed by atoms with Gasteiger partial charge in [-0.05, 0) is 31.0 Å². The Kier molecular flexibility index (Phi) is 7.55. The molecular formula is C18H26IN5. The van der Waals surface area contributed by atoms with Crippen molar-refractivity contribution in [1.29, 1.82) is 0 Å². The van der Waals surface area contributed by atoms with Gasteiger partial charge in [-0.2, -0.15) is 5.10 Å². The molecule has 0 radical (unpaired) electrons. The third-order valence-electron chi connectivity index (χ3n) is 4.27. The summed E-state index contributed by atoms with van der Waals surface area (Å²) >= 11 is 0. The summed E-state index contributed by atoms with van der Waals surface area (Å²) in [6, 6.07) is 12.7. The molecule has 1 fully saturated rings. The topological polar surface area (TPSA) is 54.2 Å². The fourth-order valence-electron chi connectivity index (χ4n) is 2.99. The third kappa shape index (κ3) is 5.22. The molecule has 1 saturated carbocycles. The molecule has 130 valence electrons. The van der Waals surface area contributed by atoms with Gasteiger partial charge in [0.05, 0.1) is 17.9 Å². The van der Waals surface area contributed by atoms with Crippen molar-refractivity contribution in [2.24, 2.45) is 4.99 Å². The van der Waals surface area contributed by atoms with Crippen LogP contribution in [-0.4, -0.2) is 28.8 Å². The lowest BCUT2D eigenvalue weighted by molar-refractivity contribution is 0.410. The molecule has 5 nitrogen and oxygen atoms in total. The van der Waals surface area contributed by atoms with E-state index in [0.717, 1.165) is 17.3 Å². The van der Waals surface area contributed by atoms with Crippen LogP contribution in [0, 0.1) is 0 Å². The lowest BCUT2D eigenvalue weighted by atomic mass is 9.96. The van der Waals surface area contributed by atoms with Crippen LogP contribution in [-0.2, 0) is 6.54 Å². The molecule has 24 heavy (non-hydrogen) atoms. The molecule has 0 spiro atoms. The van der Waals surface area contributed by atoms with E-state index in [9.17, 15) is 0 Å². The maximum Gasteiger partial charge on any atom is 0.191 e. The minimum atomic E-state index is 0. The van der Waals surface area contributed by atoms with Crippen molar-refractivity contribution in [2.75, 3.05) is 7.05 Å². The number of aliphatic imine (C=N–C) groups is 1. The Morgan fingerprint density at radius 2 is 1.92 bits per heavy atom. The molecule has 1 aromatic carbocycles. The van der Waals surface area contributed by atoms with Gasteiger partial charge in [0.2, 0.25) is 0 Å². The number of hydrogen-bond acceptors (Lipinski definition) is 2. The molecule has 2 N–H and O–H groups in total. The van der Waals surface area contributed by atoms with Crippen LogP contribution in [0.3, 0.4) is 0 Å². The van der Waals surface area contributed by atoms with Crippen LogP contribution < -0.4 is 10.6 Å². The fraction of sp³-hybridized carbons (Fsp3) is 0.444. The molecule has 1 aliphatic rings. The van der Waals surface area contributed by atoms with Gasteiger partial charge in [0.25, 0.3) is 0 Å². The monoisotopic (exact) mass is 439 g/mol. The van der Waals surface area contributed by atoms with Gasteiger partial charge in [-0.3, -0.25) is 4.99 Å². The van der Waals surface area contributed by atoms with Crippen LogP contribution >= 0.6 is 24.0 Å². The average molecular weight is 439 g/mol. The SMILES string of the molecule is CN=C(NCc1ccn(-c2ccccc2)n1)NC1CCCCC1.I. The maximum atomic E-state index is 4.60. The predicted molar refractivity (Wildman–Crippen MR) is 109 cm³/mol. The Morgan fingerprint density at radius 3 is 2.62 bits per heavy atom. The van der Waals surface area contributed by atoms with Gasteiger partial charge in [-0.15, -0.1) is 24.0 Å². The maximum absolute atomic E-state index is 4.60. The van der Waals surface area contributed by atoms with E-state index in [4.69, 9.17) is 0 Å². The van der Waals surface area contributed by atoms with Crippen LogP contribution in [0.4, 0.5) is 0 Å². The fourth-order valence-corrected chi connectivity index (χ4v) is 2.99. The van der Waals surface area contributed by atoms with Gasteiger partial charge < -0.3 is 10.6 Å². The van der Waals surface area contributed by atoms with Crippen LogP contribution in [0.5, 0.6) is 0 Å². The number of rotatable bonds is 4. The summed E-state index contributed by atoms with van der Waals surface area (Å²) in [5, 5.41) is 11.5. The van der Waals surface area contributed by atoms with Gasteiger partial charge in [0, 0.05) is 19.3 Å². The Balaban J connectivity index is 0.00000208. The van der Waals surface area contributed by atoms with E-state index in [1.807, 2.05) is 54.3 Å². The Morgan fingerprint density at radius 1 is 1.17 bits per heavy atom. The summed E-state index contributed by atoms with van der Waals surface area (Å²) in [6.07, 6.45) is 8.46. The second-order valence-corrected chi connectivity index (χ2v) is 5.99. The van der Waals surface area contributed by atoms with Crippen LogP contribution in [0.1, 0.15) is 37.8 Å². The summed E-state index contributed by atoms with van der Waals surface area (Å²) in [7, 11) is 1.82. The largest absolute Gasteiger partial charge is 0.354 e. The van der Waals surface area contributed by atoms with Crippen LogP contribution in [0.15, 0.2) is 47.6 Å². The van der Waals surface area contributed by atoms with Gasteiger partial charge >= 0.3 is 0 Å². The van der Waals surface area contributed by atoms with Crippen molar-refractivity contribution in [1.82, 2.24) is 20.4 Å². The number of para-hydroxylation sites is 1. The molecule has 1 aliphatic carbocycles. The summed E-state index contributed by atoms with van der Waals surface area (Å²) in [6.45, 7) is 0.673. The molecule has 0 unspecified atom stereocenters. The molecule has 0 bridgehead atoms. The van der Waals surface area contributed by atoms with E-state index in [-0.39, 0.29) is 24.0 Å². The summed E-state index contributed by atoms with van der Waals surface area (Å²) in [4.78, 5) is 4.32. The van der Waals surface area contributed by atoms with Crippen LogP contribution in [0.25, 0.3) is 5.69 Å². The third-order valence-corrected chi connectivity index (χ3v) is 4.27. The highest BCUT2D eigenvalue weighted by atomic mass is 127. The summed E-state index contributed by atoms with van der Waals surface area (Å²) in [5.74, 6) is 0.867. The van der Waals surface area contributed by atoms with E-state index in [1.165, 1.54) is 32.1 Å². The first-order valence-electron chi connectivity index (χ1n) is 8.42. The lowest BCUT2D eigenvalue weighted by Gasteiger charge is -2.24. The molecule has 6 heteroatoms. The van der Waals surface area contributed by atoms with Gasteiger partial charge in [-0.25, -0.2) is 4.68 Å². The second kappa shape index (κ2) is 9.66. The number of nitrogens with one attached hydrogen (secondary N) is 2. The zero-order chi connectivity index (χ0) is 15.9. The first-order valence-corrected chi connectivity index (χ1v) is 8.42. The number of hydrogen-bond donors (Lipinski definition) is 2. The van der Waals surface area contributed by atoms with E-state index in [0.29, 0.717) is 12.6 Å². The van der Waals surface area contributed by atoms with E-state index < -0.39 is 0 Å². The van der Waals surface area contributed by atoms with Gasteiger partial charge in [0.1, 0.15) is 0 Å². The highest BCUT2D eigenvalue weighted by molar-refractivity contribution is 14.0. The van der Waals surface area contributed by atoms with Gasteiger partial charge in [-0.1, -0.05) is 37.5 Å². The Bertz CT molecular complexity index is 632. The quantitative estimate of drug-likeness (QED) is 0.436.